The van der Waals surface area contributed by atoms with E-state index in [0.717, 1.165) is 11.1 Å². The van der Waals surface area contributed by atoms with Gasteiger partial charge in [-0.15, -0.1) is 0 Å². The van der Waals surface area contributed by atoms with E-state index >= 15 is 0 Å². The van der Waals surface area contributed by atoms with E-state index in [9.17, 15) is 4.79 Å². The van der Waals surface area contributed by atoms with E-state index in [1.807, 2.05) is 19.1 Å². The topological polar surface area (TPSA) is 64.3 Å². The summed E-state index contributed by atoms with van der Waals surface area (Å²) in [4.78, 5) is 12.1. The fraction of sp³-hybridized carbons (Fsp3) is 0.188. The molecule has 2 rings (SSSR count). The summed E-state index contributed by atoms with van der Waals surface area (Å²) in [5.41, 5.74) is 8.68. The Balaban J connectivity index is 2.14. The number of nitrogens with two attached hydrogens (primary N) is 1. The molecule has 0 saturated heterocycles. The van der Waals surface area contributed by atoms with Crippen molar-refractivity contribution in [1.82, 2.24) is 0 Å². The predicted octanol–water partition coefficient (Wildman–Crippen LogP) is 3.42. The highest BCUT2D eigenvalue weighted by Crippen LogP contribution is 2.31. The highest BCUT2D eigenvalue weighted by molar-refractivity contribution is 6.31. The number of carbonyl (C=O) groups is 1. The Morgan fingerprint density at radius 2 is 2.10 bits per heavy atom. The maximum atomic E-state index is 12.1. The van der Waals surface area contributed by atoms with Gasteiger partial charge in [-0.05, 0) is 36.2 Å². The van der Waals surface area contributed by atoms with Crippen molar-refractivity contribution in [2.75, 3.05) is 18.2 Å². The summed E-state index contributed by atoms with van der Waals surface area (Å²) >= 11 is 6.04. The third-order valence-electron chi connectivity index (χ3n) is 3.07. The van der Waals surface area contributed by atoms with Crippen LogP contribution in [-0.2, 0) is 11.2 Å². The number of ether oxygens (including phenoxy) is 1. The van der Waals surface area contributed by atoms with Crippen molar-refractivity contribution in [2.24, 2.45) is 0 Å². The zero-order valence-corrected chi connectivity index (χ0v) is 12.7. The summed E-state index contributed by atoms with van der Waals surface area (Å²) in [6.45, 7) is 1.87. The molecule has 2 aromatic rings. The van der Waals surface area contributed by atoms with Crippen LogP contribution in [0.2, 0.25) is 5.02 Å². The molecule has 0 aromatic heterocycles. The smallest absolute Gasteiger partial charge is 0.228 e. The normalized spacial score (nSPS) is 10.2. The minimum Gasteiger partial charge on any atom is -0.495 e. The summed E-state index contributed by atoms with van der Waals surface area (Å²) in [5.74, 6) is 0.396. The number of nitrogen functional groups attached to an aromatic ring is 1. The molecule has 4 nitrogen and oxygen atoms in total. The summed E-state index contributed by atoms with van der Waals surface area (Å²) in [6.07, 6.45) is 0.246. The van der Waals surface area contributed by atoms with Crippen molar-refractivity contribution in [3.63, 3.8) is 0 Å². The number of aryl methyl sites for hydroxylation is 1. The molecule has 0 spiro atoms. The highest BCUT2D eigenvalue weighted by atomic mass is 35.5. The van der Waals surface area contributed by atoms with Crippen LogP contribution < -0.4 is 15.8 Å². The van der Waals surface area contributed by atoms with Gasteiger partial charge in [0.05, 0.1) is 19.2 Å². The first-order valence-corrected chi connectivity index (χ1v) is 6.86. The molecule has 0 atom stereocenters. The van der Waals surface area contributed by atoms with Gasteiger partial charge in [-0.2, -0.15) is 0 Å². The Morgan fingerprint density at radius 3 is 2.76 bits per heavy atom. The van der Waals surface area contributed by atoms with Gasteiger partial charge in [0.2, 0.25) is 5.91 Å². The first-order valence-electron chi connectivity index (χ1n) is 6.48. The van der Waals surface area contributed by atoms with Crippen molar-refractivity contribution in [3.05, 3.63) is 52.5 Å². The molecule has 0 saturated carbocycles. The molecular formula is C16H17ClN2O2. The molecule has 0 fully saturated rings. The Kier molecular flexibility index (Phi) is 4.70. The number of nitrogens with one attached hydrogen (secondary N) is 1. The summed E-state index contributed by atoms with van der Waals surface area (Å²) < 4.78 is 5.23. The zero-order chi connectivity index (χ0) is 15.4. The highest BCUT2D eigenvalue weighted by Gasteiger charge is 2.11. The van der Waals surface area contributed by atoms with E-state index in [4.69, 9.17) is 22.1 Å². The summed E-state index contributed by atoms with van der Waals surface area (Å²) in [6, 6.07) is 10.7. The second kappa shape index (κ2) is 6.50. The third-order valence-corrected chi connectivity index (χ3v) is 3.48. The molecule has 3 N–H and O–H groups in total. The van der Waals surface area contributed by atoms with Crippen LogP contribution in [0.5, 0.6) is 5.75 Å². The van der Waals surface area contributed by atoms with E-state index in [1.54, 1.807) is 24.3 Å². The van der Waals surface area contributed by atoms with Crippen LogP contribution in [-0.4, -0.2) is 13.0 Å². The van der Waals surface area contributed by atoms with Gasteiger partial charge in [0.25, 0.3) is 0 Å². The molecule has 0 radical (unpaired) electrons. The van der Waals surface area contributed by atoms with Crippen LogP contribution in [0.4, 0.5) is 11.4 Å². The Bertz CT molecular complexity index is 671. The first-order chi connectivity index (χ1) is 9.99. The van der Waals surface area contributed by atoms with Crippen LogP contribution in [0.15, 0.2) is 36.4 Å². The fourth-order valence-electron chi connectivity index (χ4n) is 2.01. The quantitative estimate of drug-likeness (QED) is 0.851. The van der Waals surface area contributed by atoms with Crippen molar-refractivity contribution >= 4 is 28.9 Å². The van der Waals surface area contributed by atoms with Gasteiger partial charge >= 0.3 is 0 Å². The van der Waals surface area contributed by atoms with Gasteiger partial charge in [0.15, 0.2) is 0 Å². The Hall–Kier alpha value is -2.20. The molecule has 0 aliphatic rings. The van der Waals surface area contributed by atoms with Gasteiger partial charge < -0.3 is 15.8 Å². The molecule has 21 heavy (non-hydrogen) atoms. The largest absolute Gasteiger partial charge is 0.495 e. The molecule has 0 unspecified atom stereocenters. The second-order valence-electron chi connectivity index (χ2n) is 4.77. The number of anilines is 2. The lowest BCUT2D eigenvalue weighted by Gasteiger charge is -2.12. The van der Waals surface area contributed by atoms with Crippen molar-refractivity contribution in [2.45, 2.75) is 13.3 Å². The number of hydrogen-bond acceptors (Lipinski definition) is 3. The van der Waals surface area contributed by atoms with E-state index in [0.29, 0.717) is 22.1 Å². The van der Waals surface area contributed by atoms with Crippen LogP contribution in [0.3, 0.4) is 0 Å². The number of hydrogen-bond donors (Lipinski definition) is 2. The number of rotatable bonds is 4. The minimum atomic E-state index is -0.138. The standard InChI is InChI=1S/C16H17ClN2O2/c1-10-6-14(15(21-2)9-13(10)17)19-16(20)8-11-4-3-5-12(18)7-11/h3-7,9H,8,18H2,1-2H3,(H,19,20). The molecule has 2 aromatic carbocycles. The zero-order valence-electron chi connectivity index (χ0n) is 11.9. The Morgan fingerprint density at radius 1 is 1.33 bits per heavy atom. The van der Waals surface area contributed by atoms with Crippen LogP contribution in [0.25, 0.3) is 0 Å². The Labute approximate surface area is 128 Å². The molecule has 0 heterocycles. The summed E-state index contributed by atoms with van der Waals surface area (Å²) in [7, 11) is 1.54. The average Bonchev–Trinajstić information content (AvgIpc) is 2.42. The molecular weight excluding hydrogens is 288 g/mol. The lowest BCUT2D eigenvalue weighted by Crippen LogP contribution is -2.15. The van der Waals surface area contributed by atoms with Gasteiger partial charge in [0, 0.05) is 16.8 Å². The van der Waals surface area contributed by atoms with Crippen molar-refractivity contribution in [1.29, 1.82) is 0 Å². The predicted molar refractivity (Wildman–Crippen MR) is 85.9 cm³/mol. The summed E-state index contributed by atoms with van der Waals surface area (Å²) in [5, 5.41) is 3.43. The molecule has 5 heteroatoms. The molecule has 110 valence electrons. The number of halogens is 1. The van der Waals surface area contributed by atoms with Gasteiger partial charge in [-0.25, -0.2) is 0 Å². The third kappa shape index (κ3) is 3.89. The van der Waals surface area contributed by atoms with E-state index < -0.39 is 0 Å². The number of benzene rings is 2. The minimum absolute atomic E-state index is 0.138. The number of methoxy groups -OCH3 is 1. The molecule has 0 bridgehead atoms. The lowest BCUT2D eigenvalue weighted by molar-refractivity contribution is -0.115. The monoisotopic (exact) mass is 304 g/mol. The maximum Gasteiger partial charge on any atom is 0.228 e. The van der Waals surface area contributed by atoms with Gasteiger partial charge in [-0.3, -0.25) is 4.79 Å². The van der Waals surface area contributed by atoms with Crippen LogP contribution >= 0.6 is 11.6 Å². The molecule has 0 aliphatic carbocycles. The maximum absolute atomic E-state index is 12.1. The SMILES string of the molecule is COc1cc(Cl)c(C)cc1NC(=O)Cc1cccc(N)c1. The van der Waals surface area contributed by atoms with E-state index in [-0.39, 0.29) is 12.3 Å². The first kappa shape index (κ1) is 15.2. The fourth-order valence-corrected chi connectivity index (χ4v) is 2.17. The van der Waals surface area contributed by atoms with Crippen LogP contribution in [0, 0.1) is 6.92 Å². The second-order valence-corrected chi connectivity index (χ2v) is 5.18. The average molecular weight is 305 g/mol. The van der Waals surface area contributed by atoms with Crippen molar-refractivity contribution < 1.29 is 9.53 Å². The molecule has 1 amide bonds. The lowest BCUT2D eigenvalue weighted by atomic mass is 10.1. The van der Waals surface area contributed by atoms with Crippen LogP contribution in [0.1, 0.15) is 11.1 Å². The number of carbonyl (C=O) groups excluding carboxylic acids is 1. The number of amides is 1. The van der Waals surface area contributed by atoms with Gasteiger partial charge in [0.1, 0.15) is 5.75 Å². The van der Waals surface area contributed by atoms with E-state index in [1.165, 1.54) is 7.11 Å². The molecule has 0 aliphatic heterocycles. The van der Waals surface area contributed by atoms with Gasteiger partial charge in [-0.1, -0.05) is 23.7 Å². The van der Waals surface area contributed by atoms with E-state index in [2.05, 4.69) is 5.32 Å². The van der Waals surface area contributed by atoms with Crippen molar-refractivity contribution in [3.8, 4) is 5.75 Å².